The smallest absolute Gasteiger partial charge is 0.240 e. The van der Waals surface area contributed by atoms with Gasteiger partial charge in [-0.05, 0) is 57.4 Å². The van der Waals surface area contributed by atoms with Crippen LogP contribution in [0.5, 0.6) is 5.75 Å². The summed E-state index contributed by atoms with van der Waals surface area (Å²) < 4.78 is 5.83. The zero-order valence-electron chi connectivity index (χ0n) is 16.2. The fourth-order valence-corrected chi connectivity index (χ4v) is 4.10. The van der Waals surface area contributed by atoms with E-state index in [9.17, 15) is 9.90 Å². The predicted molar refractivity (Wildman–Crippen MR) is 112 cm³/mol. The van der Waals surface area contributed by atoms with Crippen LogP contribution in [0.1, 0.15) is 29.7 Å². The molecule has 2 aromatic rings. The molecule has 6 nitrogen and oxygen atoms in total. The van der Waals surface area contributed by atoms with E-state index < -0.39 is 5.60 Å². The summed E-state index contributed by atoms with van der Waals surface area (Å²) in [6.45, 7) is 5.80. The van der Waals surface area contributed by atoms with E-state index >= 15 is 0 Å². The van der Waals surface area contributed by atoms with Gasteiger partial charge in [-0.3, -0.25) is 9.69 Å². The predicted octanol–water partition coefficient (Wildman–Crippen LogP) is 3.65. The molecule has 1 fully saturated rings. The first-order chi connectivity index (χ1) is 13.3. The fraction of sp³-hybridized carbons (Fsp3) is 0.500. The Bertz CT molecular complexity index is 829. The lowest BCUT2D eigenvalue weighted by atomic mass is 9.96. The molecule has 28 heavy (non-hydrogen) atoms. The lowest BCUT2D eigenvalue weighted by Crippen LogP contribution is -2.38. The molecule has 2 heterocycles. The average Bonchev–Trinajstić information content (AvgIpc) is 2.95. The highest BCUT2D eigenvalue weighted by molar-refractivity contribution is 7.15. The number of amides is 1. The largest absolute Gasteiger partial charge is 0.489 e. The molecule has 3 rings (SSSR count). The molecule has 2 N–H and O–H groups in total. The van der Waals surface area contributed by atoms with E-state index in [2.05, 4.69) is 15.2 Å². The van der Waals surface area contributed by atoms with Crippen LogP contribution in [0.2, 0.25) is 5.02 Å². The molecule has 1 unspecified atom stereocenters. The molecular weight excluding hydrogens is 398 g/mol. The minimum atomic E-state index is -0.926. The second-order valence-electron chi connectivity index (χ2n) is 7.40. The highest BCUT2D eigenvalue weighted by Crippen LogP contribution is 2.29. The molecule has 1 aliphatic heterocycles. The van der Waals surface area contributed by atoms with Gasteiger partial charge in [0.15, 0.2) is 5.13 Å². The molecule has 1 aromatic carbocycles. The van der Waals surface area contributed by atoms with E-state index in [1.54, 1.807) is 12.3 Å². The number of anilines is 1. The number of benzene rings is 1. The van der Waals surface area contributed by atoms with E-state index in [4.69, 9.17) is 16.3 Å². The highest BCUT2D eigenvalue weighted by atomic mass is 35.5. The third-order valence-electron chi connectivity index (χ3n) is 4.83. The summed E-state index contributed by atoms with van der Waals surface area (Å²) in [7, 11) is 0. The van der Waals surface area contributed by atoms with Crippen molar-refractivity contribution in [1.82, 2.24) is 9.88 Å². The lowest BCUT2D eigenvalue weighted by Gasteiger charge is -2.27. The Balaban J connectivity index is 1.50. The van der Waals surface area contributed by atoms with Crippen molar-refractivity contribution in [1.29, 1.82) is 0 Å². The Morgan fingerprint density at radius 3 is 2.96 bits per heavy atom. The number of hydrogen-bond acceptors (Lipinski definition) is 6. The van der Waals surface area contributed by atoms with Crippen LogP contribution in [0.4, 0.5) is 5.13 Å². The van der Waals surface area contributed by atoms with Gasteiger partial charge >= 0.3 is 0 Å². The highest BCUT2D eigenvalue weighted by Gasteiger charge is 2.31. The maximum atomic E-state index is 12.3. The summed E-state index contributed by atoms with van der Waals surface area (Å²) in [5, 5.41) is 15.0. The standard InChI is InChI=1S/C20H26ClN3O3S/c1-14-4-5-16(21)17(10-14)27-13-20(26)6-3-8-24(9-7-20)12-18(25)23-19-22-11-15(2)28-19/h4-5,10-11,26H,3,6-9,12-13H2,1-2H3,(H,22,23,25). The summed E-state index contributed by atoms with van der Waals surface area (Å²) in [4.78, 5) is 19.5. The Hall–Kier alpha value is -1.67. The minimum Gasteiger partial charge on any atom is -0.489 e. The maximum Gasteiger partial charge on any atom is 0.240 e. The number of halogens is 1. The quantitative estimate of drug-likeness (QED) is 0.741. The van der Waals surface area contributed by atoms with Crippen LogP contribution in [0.25, 0.3) is 0 Å². The molecule has 1 amide bonds. The van der Waals surface area contributed by atoms with Crippen molar-refractivity contribution in [3.8, 4) is 5.75 Å². The van der Waals surface area contributed by atoms with Crippen LogP contribution in [0, 0.1) is 13.8 Å². The molecule has 8 heteroatoms. The summed E-state index contributed by atoms with van der Waals surface area (Å²) in [5.41, 5.74) is 0.130. The lowest BCUT2D eigenvalue weighted by molar-refractivity contribution is -0.117. The zero-order valence-corrected chi connectivity index (χ0v) is 17.8. The molecule has 0 spiro atoms. The van der Waals surface area contributed by atoms with Crippen molar-refractivity contribution in [2.75, 3.05) is 31.6 Å². The molecule has 1 saturated heterocycles. The van der Waals surface area contributed by atoms with Crippen molar-refractivity contribution in [3.05, 3.63) is 39.9 Å². The number of likely N-dealkylation sites (tertiary alicyclic amines) is 1. The number of aryl methyl sites for hydroxylation is 2. The summed E-state index contributed by atoms with van der Waals surface area (Å²) in [6, 6.07) is 5.60. The summed E-state index contributed by atoms with van der Waals surface area (Å²) in [5.74, 6) is 0.511. The topological polar surface area (TPSA) is 74.7 Å². The van der Waals surface area contributed by atoms with Gasteiger partial charge in [0.05, 0.1) is 17.2 Å². The third kappa shape index (κ3) is 5.91. The fourth-order valence-electron chi connectivity index (χ4n) is 3.24. The third-order valence-corrected chi connectivity index (χ3v) is 5.97. The van der Waals surface area contributed by atoms with Gasteiger partial charge in [0.2, 0.25) is 5.91 Å². The molecule has 1 aromatic heterocycles. The van der Waals surface area contributed by atoms with E-state index in [1.165, 1.54) is 11.3 Å². The summed E-state index contributed by atoms with van der Waals surface area (Å²) in [6.07, 6.45) is 3.71. The SMILES string of the molecule is Cc1ccc(Cl)c(OCC2(O)CCCN(CC(=O)Nc3ncc(C)s3)CC2)c1. The van der Waals surface area contributed by atoms with Gasteiger partial charge in [-0.15, -0.1) is 11.3 Å². The van der Waals surface area contributed by atoms with Crippen LogP contribution in [-0.2, 0) is 4.79 Å². The Kier molecular flexibility index (Phi) is 6.93. The number of thiazole rings is 1. The normalized spacial score (nSPS) is 20.6. The first-order valence-corrected chi connectivity index (χ1v) is 10.6. The van der Waals surface area contributed by atoms with Crippen molar-refractivity contribution >= 4 is 34.0 Å². The molecule has 1 atom stereocenters. The van der Waals surface area contributed by atoms with Gasteiger partial charge in [-0.2, -0.15) is 0 Å². The van der Waals surface area contributed by atoms with Gasteiger partial charge in [-0.1, -0.05) is 17.7 Å². The zero-order chi connectivity index (χ0) is 20.1. The van der Waals surface area contributed by atoms with E-state index in [0.29, 0.717) is 41.8 Å². The number of aliphatic hydroxyl groups is 1. The number of rotatable bonds is 6. The molecule has 0 radical (unpaired) electrons. The number of nitrogens with zero attached hydrogens (tertiary/aromatic N) is 2. The Labute approximate surface area is 174 Å². The van der Waals surface area contributed by atoms with Crippen molar-refractivity contribution < 1.29 is 14.6 Å². The summed E-state index contributed by atoms with van der Waals surface area (Å²) >= 11 is 7.64. The minimum absolute atomic E-state index is 0.0809. The maximum absolute atomic E-state index is 12.3. The Morgan fingerprint density at radius 1 is 1.39 bits per heavy atom. The van der Waals surface area contributed by atoms with Crippen LogP contribution in [0.15, 0.2) is 24.4 Å². The van der Waals surface area contributed by atoms with Crippen LogP contribution in [-0.4, -0.2) is 52.7 Å². The molecule has 0 saturated carbocycles. The van der Waals surface area contributed by atoms with Gasteiger partial charge in [0, 0.05) is 17.6 Å². The van der Waals surface area contributed by atoms with Gasteiger partial charge in [0.1, 0.15) is 12.4 Å². The van der Waals surface area contributed by atoms with Gasteiger partial charge in [0.25, 0.3) is 0 Å². The number of hydrogen-bond donors (Lipinski definition) is 2. The molecule has 0 aliphatic carbocycles. The first kappa shape index (κ1) is 21.0. The van der Waals surface area contributed by atoms with E-state index in [-0.39, 0.29) is 12.5 Å². The van der Waals surface area contributed by atoms with E-state index in [1.807, 2.05) is 26.0 Å². The number of aromatic nitrogens is 1. The van der Waals surface area contributed by atoms with Crippen molar-refractivity contribution in [2.24, 2.45) is 0 Å². The van der Waals surface area contributed by atoms with Crippen LogP contribution < -0.4 is 10.1 Å². The average molecular weight is 424 g/mol. The number of carbonyl (C=O) groups is 1. The first-order valence-electron chi connectivity index (χ1n) is 9.39. The number of ether oxygens (including phenoxy) is 1. The monoisotopic (exact) mass is 423 g/mol. The molecule has 152 valence electrons. The second kappa shape index (κ2) is 9.22. The van der Waals surface area contributed by atoms with Gasteiger partial charge < -0.3 is 15.2 Å². The van der Waals surface area contributed by atoms with Crippen molar-refractivity contribution in [3.63, 3.8) is 0 Å². The van der Waals surface area contributed by atoms with E-state index in [0.717, 1.165) is 23.4 Å². The van der Waals surface area contributed by atoms with Crippen molar-refractivity contribution in [2.45, 2.75) is 38.7 Å². The second-order valence-corrected chi connectivity index (χ2v) is 9.04. The van der Waals surface area contributed by atoms with Gasteiger partial charge in [-0.25, -0.2) is 4.98 Å². The molecular formula is C20H26ClN3O3S. The Morgan fingerprint density at radius 2 is 2.21 bits per heavy atom. The van der Waals surface area contributed by atoms with Crippen LogP contribution in [0.3, 0.4) is 0 Å². The number of carbonyl (C=O) groups excluding carboxylic acids is 1. The number of nitrogens with one attached hydrogen (secondary N) is 1. The molecule has 1 aliphatic rings. The van der Waals surface area contributed by atoms with Crippen LogP contribution >= 0.6 is 22.9 Å². The molecule has 0 bridgehead atoms.